The summed E-state index contributed by atoms with van der Waals surface area (Å²) in [6.45, 7) is 2.25. The van der Waals surface area contributed by atoms with Crippen LogP contribution in [0.4, 0.5) is 14.5 Å². The minimum atomic E-state index is -1.04. The molecule has 0 heterocycles. The van der Waals surface area contributed by atoms with Crippen LogP contribution in [0.2, 0.25) is 5.02 Å². The number of carbonyl (C=O) groups excluding carboxylic acids is 1. The number of nitrogens with one attached hydrogen (secondary N) is 1. The van der Waals surface area contributed by atoms with E-state index in [9.17, 15) is 13.6 Å². The van der Waals surface area contributed by atoms with Crippen molar-refractivity contribution in [1.82, 2.24) is 0 Å². The molecule has 0 spiro atoms. The molecule has 0 radical (unpaired) electrons. The molecular weight excluding hydrogens is 352 g/mol. The monoisotopic (exact) mass is 367 g/mol. The van der Waals surface area contributed by atoms with Gasteiger partial charge in [-0.1, -0.05) is 11.6 Å². The number of hydrogen-bond donors (Lipinski definition) is 1. The number of ether oxygens (including phenoxy) is 2. The zero-order valence-corrected chi connectivity index (χ0v) is 14.4. The van der Waals surface area contributed by atoms with Crippen LogP contribution in [0.3, 0.4) is 0 Å². The maximum atomic E-state index is 13.1. The lowest BCUT2D eigenvalue weighted by atomic mass is 10.2. The molecule has 0 atom stereocenters. The third-order valence-electron chi connectivity index (χ3n) is 3.15. The van der Waals surface area contributed by atoms with Gasteiger partial charge in [-0.15, -0.1) is 0 Å². The molecule has 0 saturated carbocycles. The van der Waals surface area contributed by atoms with Crippen molar-refractivity contribution < 1.29 is 23.0 Å². The Balaban J connectivity index is 2.14. The second-order valence-electron chi connectivity index (χ2n) is 4.92. The molecule has 0 bridgehead atoms. The van der Waals surface area contributed by atoms with E-state index in [1.807, 2.05) is 6.92 Å². The van der Waals surface area contributed by atoms with Crippen molar-refractivity contribution >= 4 is 29.3 Å². The molecule has 2 aromatic rings. The number of anilines is 1. The highest BCUT2D eigenvalue weighted by atomic mass is 35.5. The lowest BCUT2D eigenvalue weighted by Crippen LogP contribution is -2.08. The van der Waals surface area contributed by atoms with Gasteiger partial charge in [0.15, 0.2) is 23.1 Å². The van der Waals surface area contributed by atoms with Gasteiger partial charge in [-0.25, -0.2) is 8.78 Å². The number of rotatable bonds is 6. The van der Waals surface area contributed by atoms with Crippen molar-refractivity contribution in [3.05, 3.63) is 58.6 Å². The average molecular weight is 368 g/mol. The molecule has 4 nitrogen and oxygen atoms in total. The minimum Gasteiger partial charge on any atom is -0.491 e. The molecule has 0 aromatic heterocycles. The Morgan fingerprint density at radius 1 is 1.24 bits per heavy atom. The maximum absolute atomic E-state index is 13.1. The Morgan fingerprint density at radius 2 is 2.00 bits per heavy atom. The van der Waals surface area contributed by atoms with Crippen molar-refractivity contribution in [3.8, 4) is 11.5 Å². The van der Waals surface area contributed by atoms with Crippen LogP contribution >= 0.6 is 11.6 Å². The predicted octanol–water partition coefficient (Wildman–Crippen LogP) is 4.68. The van der Waals surface area contributed by atoms with Crippen LogP contribution in [-0.4, -0.2) is 19.6 Å². The van der Waals surface area contributed by atoms with E-state index in [2.05, 4.69) is 5.32 Å². The number of carbonyl (C=O) groups is 1. The zero-order valence-electron chi connectivity index (χ0n) is 13.6. The highest BCUT2D eigenvalue weighted by Crippen LogP contribution is 2.36. The van der Waals surface area contributed by atoms with E-state index in [-0.39, 0.29) is 5.69 Å². The summed E-state index contributed by atoms with van der Waals surface area (Å²) < 4.78 is 36.6. The van der Waals surface area contributed by atoms with E-state index in [0.717, 1.165) is 12.1 Å². The second kappa shape index (κ2) is 8.48. The van der Waals surface area contributed by atoms with Gasteiger partial charge in [0.05, 0.1) is 18.7 Å². The summed E-state index contributed by atoms with van der Waals surface area (Å²) in [4.78, 5) is 11.9. The van der Waals surface area contributed by atoms with Crippen LogP contribution in [0.1, 0.15) is 12.5 Å². The fraction of sp³-hybridized carbons (Fsp3) is 0.167. The Bertz CT molecular complexity index is 809. The van der Waals surface area contributed by atoms with Crippen molar-refractivity contribution in [3.63, 3.8) is 0 Å². The molecule has 0 aliphatic rings. The number of hydrogen-bond acceptors (Lipinski definition) is 3. The average Bonchev–Trinajstić information content (AvgIpc) is 2.56. The number of methoxy groups -OCH3 is 1. The van der Waals surface area contributed by atoms with E-state index in [1.54, 1.807) is 12.1 Å². The van der Waals surface area contributed by atoms with Crippen molar-refractivity contribution in [2.75, 3.05) is 19.0 Å². The van der Waals surface area contributed by atoms with E-state index < -0.39 is 17.5 Å². The number of halogens is 3. The standard InChI is InChI=1S/C18H16ClF2NO3/c1-3-25-16-9-11(8-13(19)18(16)24-2)4-7-17(23)22-12-5-6-14(20)15(21)10-12/h4-10H,3H2,1-2H3,(H,22,23)/b7-4+. The van der Waals surface area contributed by atoms with Crippen LogP contribution in [0.25, 0.3) is 6.08 Å². The summed E-state index contributed by atoms with van der Waals surface area (Å²) in [5.41, 5.74) is 0.769. The lowest BCUT2D eigenvalue weighted by molar-refractivity contribution is -0.111. The minimum absolute atomic E-state index is 0.149. The molecule has 2 rings (SSSR count). The summed E-state index contributed by atoms with van der Waals surface area (Å²) in [7, 11) is 1.48. The van der Waals surface area contributed by atoms with Crippen LogP contribution in [0.5, 0.6) is 11.5 Å². The second-order valence-corrected chi connectivity index (χ2v) is 5.33. The summed E-state index contributed by atoms with van der Waals surface area (Å²) in [5, 5.41) is 2.78. The van der Waals surface area contributed by atoms with Crippen molar-refractivity contribution in [1.29, 1.82) is 0 Å². The fourth-order valence-corrected chi connectivity index (χ4v) is 2.37. The van der Waals surface area contributed by atoms with Crippen LogP contribution in [-0.2, 0) is 4.79 Å². The van der Waals surface area contributed by atoms with Crippen LogP contribution in [0, 0.1) is 11.6 Å². The van der Waals surface area contributed by atoms with E-state index in [1.165, 1.54) is 25.3 Å². The quantitative estimate of drug-likeness (QED) is 0.754. The molecule has 0 saturated heterocycles. The first-order chi connectivity index (χ1) is 11.9. The molecule has 0 unspecified atom stereocenters. The lowest BCUT2D eigenvalue weighted by Gasteiger charge is -2.11. The zero-order chi connectivity index (χ0) is 18.4. The summed E-state index contributed by atoms with van der Waals surface area (Å²) in [6.07, 6.45) is 2.76. The first-order valence-electron chi connectivity index (χ1n) is 7.39. The summed E-state index contributed by atoms with van der Waals surface area (Å²) in [6, 6.07) is 6.40. The Hall–Kier alpha value is -2.60. The Labute approximate surface area is 149 Å². The Morgan fingerprint density at radius 3 is 2.64 bits per heavy atom. The van der Waals surface area contributed by atoms with E-state index >= 15 is 0 Å². The Kier molecular flexibility index (Phi) is 6.36. The molecule has 2 aromatic carbocycles. The molecule has 1 N–H and O–H groups in total. The van der Waals surface area contributed by atoms with Crippen molar-refractivity contribution in [2.24, 2.45) is 0 Å². The first kappa shape index (κ1) is 18.7. The highest BCUT2D eigenvalue weighted by molar-refractivity contribution is 6.32. The molecule has 1 amide bonds. The molecule has 7 heteroatoms. The van der Waals surface area contributed by atoms with Gasteiger partial charge in [0.1, 0.15) is 0 Å². The topological polar surface area (TPSA) is 47.6 Å². The number of benzene rings is 2. The third kappa shape index (κ3) is 4.93. The fourth-order valence-electron chi connectivity index (χ4n) is 2.07. The van der Waals surface area contributed by atoms with Gasteiger partial charge in [-0.2, -0.15) is 0 Å². The van der Waals surface area contributed by atoms with E-state index in [4.69, 9.17) is 21.1 Å². The van der Waals surface area contributed by atoms with Gasteiger partial charge in [-0.3, -0.25) is 4.79 Å². The molecule has 0 aliphatic carbocycles. The van der Waals surface area contributed by atoms with E-state index in [0.29, 0.717) is 28.7 Å². The third-order valence-corrected chi connectivity index (χ3v) is 3.43. The molecule has 0 fully saturated rings. The molecule has 132 valence electrons. The van der Waals surface area contributed by atoms with Gasteiger partial charge in [0, 0.05) is 17.8 Å². The molecule has 0 aliphatic heterocycles. The van der Waals surface area contributed by atoms with Crippen molar-refractivity contribution in [2.45, 2.75) is 6.92 Å². The summed E-state index contributed by atoms with van der Waals surface area (Å²) in [5.74, 6) is -1.66. The SMILES string of the molecule is CCOc1cc(/C=C/C(=O)Nc2ccc(F)c(F)c2)cc(Cl)c1OC. The van der Waals surface area contributed by atoms with Crippen LogP contribution in [0.15, 0.2) is 36.4 Å². The smallest absolute Gasteiger partial charge is 0.248 e. The maximum Gasteiger partial charge on any atom is 0.248 e. The largest absolute Gasteiger partial charge is 0.491 e. The molecular formula is C18H16ClF2NO3. The van der Waals surface area contributed by atoms with Gasteiger partial charge >= 0.3 is 0 Å². The van der Waals surface area contributed by atoms with Gasteiger partial charge in [0.25, 0.3) is 0 Å². The van der Waals surface area contributed by atoms with Gasteiger partial charge < -0.3 is 14.8 Å². The molecule has 25 heavy (non-hydrogen) atoms. The number of amides is 1. The summed E-state index contributed by atoms with van der Waals surface area (Å²) >= 11 is 6.13. The van der Waals surface area contributed by atoms with Crippen LogP contribution < -0.4 is 14.8 Å². The first-order valence-corrected chi connectivity index (χ1v) is 7.76. The van der Waals surface area contributed by atoms with Gasteiger partial charge in [0.2, 0.25) is 5.91 Å². The highest BCUT2D eigenvalue weighted by Gasteiger charge is 2.10. The predicted molar refractivity (Wildman–Crippen MR) is 93.2 cm³/mol. The normalized spacial score (nSPS) is 10.8. The van der Waals surface area contributed by atoms with Gasteiger partial charge in [-0.05, 0) is 42.8 Å².